The molecule has 0 aliphatic carbocycles. The first-order valence-corrected chi connectivity index (χ1v) is 11.7. The Kier molecular flexibility index (Phi) is 7.41. The van der Waals surface area contributed by atoms with E-state index in [9.17, 15) is 4.79 Å². The molecule has 2 amide bonds. The molecule has 0 radical (unpaired) electrons. The van der Waals surface area contributed by atoms with Gasteiger partial charge in [-0.25, -0.2) is 9.80 Å². The van der Waals surface area contributed by atoms with E-state index >= 15 is 0 Å². The van der Waals surface area contributed by atoms with E-state index in [4.69, 9.17) is 22.0 Å². The number of amides is 2. The Balaban J connectivity index is 1.43. The highest BCUT2D eigenvalue weighted by Crippen LogP contribution is 2.26. The van der Waals surface area contributed by atoms with E-state index in [1.54, 1.807) is 24.3 Å². The fourth-order valence-corrected chi connectivity index (χ4v) is 4.50. The maximum Gasteiger partial charge on any atom is 0.342 e. The minimum atomic E-state index is -0.264. The molecule has 0 spiro atoms. The van der Waals surface area contributed by atoms with Gasteiger partial charge < -0.3 is 10.2 Å². The van der Waals surface area contributed by atoms with Gasteiger partial charge in [-0.1, -0.05) is 30.2 Å². The fourth-order valence-electron chi connectivity index (χ4n) is 4.38. The second-order valence-electron chi connectivity index (χ2n) is 8.44. The highest BCUT2D eigenvalue weighted by atomic mass is 35.5. The van der Waals surface area contributed by atoms with Gasteiger partial charge in [0.15, 0.2) is 0 Å². The van der Waals surface area contributed by atoms with E-state index in [1.165, 1.54) is 37.4 Å². The summed E-state index contributed by atoms with van der Waals surface area (Å²) >= 11 is 6.08. The van der Waals surface area contributed by atoms with Crippen LogP contribution in [0.2, 0.25) is 5.02 Å². The van der Waals surface area contributed by atoms with Gasteiger partial charge in [0, 0.05) is 16.6 Å². The van der Waals surface area contributed by atoms with Crippen molar-refractivity contribution in [2.45, 2.75) is 32.1 Å². The number of nitrogens with one attached hydrogen (secondary N) is 1. The molecule has 0 aromatic heterocycles. The first kappa shape index (κ1) is 22.3. The number of benzene rings is 2. The lowest BCUT2D eigenvalue weighted by Gasteiger charge is -2.26. The van der Waals surface area contributed by atoms with Crippen molar-refractivity contribution >= 4 is 29.0 Å². The number of halogens is 1. The Labute approximate surface area is 194 Å². The van der Waals surface area contributed by atoms with Gasteiger partial charge in [0.1, 0.15) is 0 Å². The van der Waals surface area contributed by atoms with Gasteiger partial charge in [0.05, 0.1) is 23.9 Å². The number of urea groups is 1. The maximum absolute atomic E-state index is 12.9. The Morgan fingerprint density at radius 1 is 1.09 bits per heavy atom. The van der Waals surface area contributed by atoms with Crippen molar-refractivity contribution in [3.8, 4) is 6.07 Å². The lowest BCUT2D eigenvalue weighted by Crippen LogP contribution is -2.32. The molecule has 1 saturated heterocycles. The van der Waals surface area contributed by atoms with Crippen molar-refractivity contribution in [2.24, 2.45) is 11.0 Å². The number of nitrogens with zero attached hydrogens (tertiary/aromatic N) is 4. The number of nitriles is 1. The molecular formula is C25H28ClN5O. The molecule has 0 saturated carbocycles. The summed E-state index contributed by atoms with van der Waals surface area (Å²) in [5, 5.41) is 18.7. The number of anilines is 1. The van der Waals surface area contributed by atoms with Gasteiger partial charge in [-0.05, 0) is 87.3 Å². The number of hydrogen-bond acceptors (Lipinski definition) is 4. The number of piperidine rings is 1. The molecular weight excluding hydrogens is 422 g/mol. The molecule has 2 heterocycles. The molecule has 2 aromatic rings. The number of rotatable bonds is 6. The van der Waals surface area contributed by atoms with Crippen LogP contribution in [0.1, 0.15) is 43.2 Å². The lowest BCUT2D eigenvalue weighted by atomic mass is 9.93. The van der Waals surface area contributed by atoms with Crippen molar-refractivity contribution in [2.75, 3.05) is 31.5 Å². The molecule has 2 aromatic carbocycles. The lowest BCUT2D eigenvalue weighted by molar-refractivity contribution is 0.210. The van der Waals surface area contributed by atoms with E-state index in [2.05, 4.69) is 16.3 Å². The van der Waals surface area contributed by atoms with Crippen molar-refractivity contribution < 1.29 is 4.79 Å². The zero-order chi connectivity index (χ0) is 22.3. The summed E-state index contributed by atoms with van der Waals surface area (Å²) in [6.45, 7) is 4.05. The predicted octanol–water partition coefficient (Wildman–Crippen LogP) is 5.35. The Morgan fingerprint density at radius 2 is 1.81 bits per heavy atom. The van der Waals surface area contributed by atoms with E-state index in [0.29, 0.717) is 22.8 Å². The molecule has 0 bridgehead atoms. The topological polar surface area (TPSA) is 71.7 Å². The van der Waals surface area contributed by atoms with Crippen LogP contribution in [0.4, 0.5) is 10.5 Å². The molecule has 4 rings (SSSR count). The summed E-state index contributed by atoms with van der Waals surface area (Å²) in [5.74, 6) is 0.188. The Hall–Kier alpha value is -2.88. The smallest absolute Gasteiger partial charge is 0.306 e. The van der Waals surface area contributed by atoms with Gasteiger partial charge in [0.2, 0.25) is 0 Å². The van der Waals surface area contributed by atoms with Gasteiger partial charge in [-0.3, -0.25) is 0 Å². The zero-order valence-electron chi connectivity index (χ0n) is 18.1. The Bertz CT molecular complexity index is 990. The minimum Gasteiger partial charge on any atom is -0.306 e. The normalized spacial score (nSPS) is 18.8. The molecule has 1 N–H and O–H groups in total. The third kappa shape index (κ3) is 5.67. The second kappa shape index (κ2) is 10.6. The molecule has 1 fully saturated rings. The van der Waals surface area contributed by atoms with Gasteiger partial charge >= 0.3 is 6.03 Å². The van der Waals surface area contributed by atoms with Crippen LogP contribution < -0.4 is 5.32 Å². The van der Waals surface area contributed by atoms with Crippen LogP contribution >= 0.6 is 11.6 Å². The average Bonchev–Trinajstić information content (AvgIpc) is 3.25. The van der Waals surface area contributed by atoms with Crippen LogP contribution in [0.15, 0.2) is 53.6 Å². The summed E-state index contributed by atoms with van der Waals surface area (Å²) in [4.78, 5) is 15.4. The number of carbonyl (C=O) groups is 1. The Morgan fingerprint density at radius 3 is 2.50 bits per heavy atom. The van der Waals surface area contributed by atoms with Crippen LogP contribution in [-0.2, 0) is 0 Å². The summed E-state index contributed by atoms with van der Waals surface area (Å²) < 4.78 is 0. The number of carbonyl (C=O) groups excluding carboxylic acids is 1. The monoisotopic (exact) mass is 449 g/mol. The number of hydrogen-bond donors (Lipinski definition) is 1. The molecule has 1 unspecified atom stereocenters. The van der Waals surface area contributed by atoms with Crippen molar-refractivity contribution in [1.82, 2.24) is 9.91 Å². The molecule has 32 heavy (non-hydrogen) atoms. The summed E-state index contributed by atoms with van der Waals surface area (Å²) in [5.41, 5.74) is 3.15. The molecule has 1 atom stereocenters. The largest absolute Gasteiger partial charge is 0.342 e. The van der Waals surface area contributed by atoms with Crippen molar-refractivity contribution in [3.05, 3.63) is 64.7 Å². The molecule has 2 aliphatic heterocycles. The van der Waals surface area contributed by atoms with Crippen LogP contribution in [0.5, 0.6) is 0 Å². The second-order valence-corrected chi connectivity index (χ2v) is 8.87. The maximum atomic E-state index is 12.9. The third-order valence-electron chi connectivity index (χ3n) is 6.12. The average molecular weight is 450 g/mol. The van der Waals surface area contributed by atoms with Crippen molar-refractivity contribution in [1.29, 1.82) is 5.26 Å². The molecule has 6 nitrogen and oxygen atoms in total. The van der Waals surface area contributed by atoms with Gasteiger partial charge in [-0.15, -0.1) is 0 Å². The summed E-state index contributed by atoms with van der Waals surface area (Å²) in [6, 6.07) is 16.3. The molecule has 2 aliphatic rings. The molecule has 7 heteroatoms. The van der Waals surface area contributed by atoms with E-state index in [0.717, 1.165) is 30.7 Å². The highest BCUT2D eigenvalue weighted by Gasteiger charge is 2.31. The van der Waals surface area contributed by atoms with Crippen molar-refractivity contribution in [3.63, 3.8) is 0 Å². The van der Waals surface area contributed by atoms with Crippen LogP contribution in [0.3, 0.4) is 0 Å². The summed E-state index contributed by atoms with van der Waals surface area (Å²) in [7, 11) is 0. The predicted molar refractivity (Wildman–Crippen MR) is 128 cm³/mol. The van der Waals surface area contributed by atoms with Crippen LogP contribution in [-0.4, -0.2) is 47.8 Å². The fraction of sp³-hybridized carbons (Fsp3) is 0.400. The number of likely N-dealkylation sites (tertiary alicyclic amines) is 1. The first-order valence-electron chi connectivity index (χ1n) is 11.3. The standard InChI is InChI=1S/C25H28ClN5O/c26-22-10-8-20(9-11-22)24-21(5-4-16-30-14-2-1-3-15-30)18-31(29-24)25(32)28-23-12-6-19(17-27)7-13-23/h6-13,21H,1-5,14-16,18H2,(H,28,32). The zero-order valence-corrected chi connectivity index (χ0v) is 18.9. The highest BCUT2D eigenvalue weighted by molar-refractivity contribution is 6.30. The van der Waals surface area contributed by atoms with Gasteiger partial charge in [0.25, 0.3) is 0 Å². The van der Waals surface area contributed by atoms with E-state index in [1.807, 2.05) is 24.3 Å². The van der Waals surface area contributed by atoms with E-state index in [-0.39, 0.29) is 11.9 Å². The van der Waals surface area contributed by atoms with Crippen LogP contribution in [0.25, 0.3) is 0 Å². The summed E-state index contributed by atoms with van der Waals surface area (Å²) in [6.07, 6.45) is 6.01. The van der Waals surface area contributed by atoms with E-state index < -0.39 is 0 Å². The minimum absolute atomic E-state index is 0.188. The number of hydrazone groups is 1. The quantitative estimate of drug-likeness (QED) is 0.646. The third-order valence-corrected chi connectivity index (χ3v) is 6.38. The first-order chi connectivity index (χ1) is 15.6. The van der Waals surface area contributed by atoms with Gasteiger partial charge in [-0.2, -0.15) is 10.4 Å². The van der Waals surface area contributed by atoms with Crippen LogP contribution in [0, 0.1) is 17.2 Å². The SMILES string of the molecule is N#Cc1ccc(NC(=O)N2CC(CCCN3CCCCC3)C(c3ccc(Cl)cc3)=N2)cc1. The molecule has 166 valence electrons.